The van der Waals surface area contributed by atoms with Gasteiger partial charge in [0.1, 0.15) is 11.9 Å². The van der Waals surface area contributed by atoms with Crippen LogP contribution in [0, 0.1) is 12.8 Å². The molecule has 35 heavy (non-hydrogen) atoms. The second-order valence-corrected chi connectivity index (χ2v) is 9.22. The molecule has 1 aliphatic heterocycles. The van der Waals surface area contributed by atoms with Crippen molar-refractivity contribution < 1.29 is 19.7 Å². The molecule has 10 heteroatoms. The van der Waals surface area contributed by atoms with Gasteiger partial charge in [-0.1, -0.05) is 6.07 Å². The van der Waals surface area contributed by atoms with Crippen molar-refractivity contribution in [1.82, 2.24) is 19.4 Å². The number of imidazole rings is 1. The van der Waals surface area contributed by atoms with Crippen LogP contribution < -0.4 is 10.9 Å². The van der Waals surface area contributed by atoms with Crippen molar-refractivity contribution in [3.8, 4) is 11.4 Å². The molecule has 2 unspecified atom stereocenters. The fourth-order valence-corrected chi connectivity index (χ4v) is 4.59. The molecule has 2 aromatic heterocycles. The highest BCUT2D eigenvalue weighted by Crippen LogP contribution is 2.28. The monoisotopic (exact) mass is 504 g/mol. The van der Waals surface area contributed by atoms with Crippen molar-refractivity contribution >= 4 is 29.4 Å². The molecule has 3 atom stereocenters. The summed E-state index contributed by atoms with van der Waals surface area (Å²) in [6.45, 7) is 5.81. The number of aryl methyl sites for hydroxylation is 2. The number of pyridine rings is 1. The van der Waals surface area contributed by atoms with E-state index in [1.807, 2.05) is 30.5 Å². The number of carboxylic acids is 1. The minimum absolute atomic E-state index is 0. The smallest absolute Gasteiger partial charge is 0.323 e. The summed E-state index contributed by atoms with van der Waals surface area (Å²) < 4.78 is 9.47. The Bertz CT molecular complexity index is 1220. The molecule has 0 saturated carbocycles. The van der Waals surface area contributed by atoms with Crippen LogP contribution in [0.3, 0.4) is 0 Å². The van der Waals surface area contributed by atoms with E-state index in [1.54, 1.807) is 18.5 Å². The number of fused-ring (bicyclic) bond motifs is 1. The van der Waals surface area contributed by atoms with Gasteiger partial charge in [0.2, 0.25) is 0 Å². The number of ether oxygens (including phenoxy) is 1. The lowest BCUT2D eigenvalue weighted by molar-refractivity contribution is -0.142. The lowest BCUT2D eigenvalue weighted by Gasteiger charge is -2.23. The fraction of sp³-hybridized carbons (Fsp3) is 0.480. The number of nitrogens with one attached hydrogen (secondary N) is 1. The van der Waals surface area contributed by atoms with Crippen LogP contribution in [0.25, 0.3) is 22.4 Å². The maximum Gasteiger partial charge on any atom is 0.323 e. The number of aliphatic carboxylic acids is 1. The van der Waals surface area contributed by atoms with Crippen molar-refractivity contribution in [1.29, 1.82) is 0 Å². The Morgan fingerprint density at radius 1 is 1.34 bits per heavy atom. The number of nitrogens with zero attached hydrogens (tertiary/aromatic N) is 3. The number of hydrogen-bond acceptors (Lipinski definition) is 6. The number of rotatable bonds is 8. The second kappa shape index (κ2) is 11.3. The van der Waals surface area contributed by atoms with Crippen molar-refractivity contribution in [2.24, 2.45) is 13.0 Å². The first-order valence-corrected chi connectivity index (χ1v) is 11.6. The van der Waals surface area contributed by atoms with Crippen LogP contribution in [0.15, 0.2) is 35.3 Å². The number of carboxylic acid groups (broad SMARTS) is 1. The van der Waals surface area contributed by atoms with Gasteiger partial charge >= 0.3 is 5.97 Å². The van der Waals surface area contributed by atoms with Crippen molar-refractivity contribution in [3.63, 3.8) is 0 Å². The summed E-state index contributed by atoms with van der Waals surface area (Å²) in [6.07, 6.45) is 2.92. The molecule has 190 valence electrons. The summed E-state index contributed by atoms with van der Waals surface area (Å²) in [7, 11) is 1.74. The summed E-state index contributed by atoms with van der Waals surface area (Å²) >= 11 is 0. The number of hydrogen-bond donors (Lipinski definition) is 3. The van der Waals surface area contributed by atoms with Crippen LogP contribution in [0.4, 0.5) is 0 Å². The zero-order chi connectivity index (χ0) is 24.4. The number of aliphatic hydroxyl groups is 1. The van der Waals surface area contributed by atoms with Gasteiger partial charge in [-0.15, -0.1) is 12.4 Å². The highest BCUT2D eigenvalue weighted by atomic mass is 35.5. The molecule has 1 aromatic carbocycles. The third kappa shape index (κ3) is 5.92. The number of halogens is 1. The highest BCUT2D eigenvalue weighted by molar-refractivity contribution is 5.85. The minimum Gasteiger partial charge on any atom is -0.480 e. The molecule has 0 amide bonds. The number of aromatic nitrogens is 3. The number of aliphatic hydroxyl groups excluding tert-OH is 1. The molecule has 4 rings (SSSR count). The maximum absolute atomic E-state index is 12.2. The Kier molecular flexibility index (Phi) is 8.71. The Labute approximate surface area is 210 Å². The normalized spacial score (nSPS) is 17.7. The van der Waals surface area contributed by atoms with Gasteiger partial charge in [-0.25, -0.2) is 4.98 Å². The van der Waals surface area contributed by atoms with Crippen LogP contribution >= 0.6 is 12.4 Å². The van der Waals surface area contributed by atoms with Gasteiger partial charge in [-0.3, -0.25) is 14.9 Å². The van der Waals surface area contributed by atoms with Crippen LogP contribution in [0.1, 0.15) is 30.9 Å². The van der Waals surface area contributed by atoms with Gasteiger partial charge in [0.25, 0.3) is 5.56 Å². The number of carbonyl (C=O) groups is 1. The summed E-state index contributed by atoms with van der Waals surface area (Å²) in [5.41, 5.74) is 4.12. The quantitative estimate of drug-likeness (QED) is 0.431. The third-order valence-corrected chi connectivity index (χ3v) is 6.40. The fourth-order valence-electron chi connectivity index (χ4n) is 4.59. The SMILES string of the molecule is Cc1cc(-c2nc3cc(CNC(C(=O)O)C(C)O)ccc3n2C[C@H]2CCCOC2)cn(C)c1=O.Cl. The molecule has 0 aliphatic carbocycles. The van der Waals surface area contributed by atoms with Crippen molar-refractivity contribution in [2.75, 3.05) is 13.2 Å². The molecule has 9 nitrogen and oxygen atoms in total. The molecule has 0 radical (unpaired) electrons. The van der Waals surface area contributed by atoms with Crippen LogP contribution in [-0.4, -0.2) is 55.7 Å². The second-order valence-electron chi connectivity index (χ2n) is 9.22. The minimum atomic E-state index is -1.09. The molecule has 1 aliphatic rings. The van der Waals surface area contributed by atoms with E-state index >= 15 is 0 Å². The first-order chi connectivity index (χ1) is 16.2. The maximum atomic E-state index is 12.2. The summed E-state index contributed by atoms with van der Waals surface area (Å²) in [6, 6.07) is 6.71. The van der Waals surface area contributed by atoms with Gasteiger partial charge in [-0.05, 0) is 50.5 Å². The first-order valence-electron chi connectivity index (χ1n) is 11.6. The van der Waals surface area contributed by atoms with Gasteiger partial charge in [0.15, 0.2) is 0 Å². The van der Waals surface area contributed by atoms with Gasteiger partial charge < -0.3 is 24.1 Å². The van der Waals surface area contributed by atoms with E-state index in [0.29, 0.717) is 18.1 Å². The summed E-state index contributed by atoms with van der Waals surface area (Å²) in [5, 5.41) is 21.9. The van der Waals surface area contributed by atoms with E-state index in [4.69, 9.17) is 9.72 Å². The van der Waals surface area contributed by atoms with Gasteiger partial charge in [-0.2, -0.15) is 0 Å². The molecular weight excluding hydrogens is 472 g/mol. The standard InChI is InChI=1S/C25H32N4O5.ClH/c1-15-9-19(13-28(3)24(15)31)23-27-20-10-17(11-26-22(16(2)30)25(32)33)6-7-21(20)29(23)12-18-5-4-8-34-14-18;/h6-7,9-10,13,16,18,22,26,30H,4-5,8,11-12,14H2,1-3H3,(H,32,33);1H/t16?,18-,22?;/m1./s1. The topological polar surface area (TPSA) is 119 Å². The predicted octanol–water partition coefficient (Wildman–Crippen LogP) is 2.48. The average molecular weight is 505 g/mol. The van der Waals surface area contributed by atoms with E-state index in [-0.39, 0.29) is 24.5 Å². The first kappa shape index (κ1) is 26.9. The van der Waals surface area contributed by atoms with Crippen LogP contribution in [0.5, 0.6) is 0 Å². The molecule has 0 bridgehead atoms. The van der Waals surface area contributed by atoms with Crippen LogP contribution in [-0.2, 0) is 29.7 Å². The zero-order valence-electron chi connectivity index (χ0n) is 20.2. The lowest BCUT2D eigenvalue weighted by atomic mass is 10.0. The van der Waals surface area contributed by atoms with Gasteiger partial charge in [0, 0.05) is 50.0 Å². The molecule has 3 N–H and O–H groups in total. The molecule has 3 heterocycles. The average Bonchev–Trinajstić information content (AvgIpc) is 3.15. The van der Waals surface area contributed by atoms with E-state index in [1.165, 1.54) is 6.92 Å². The molecule has 0 spiro atoms. The molecule has 1 saturated heterocycles. The highest BCUT2D eigenvalue weighted by Gasteiger charge is 2.23. The Morgan fingerprint density at radius 2 is 2.11 bits per heavy atom. The van der Waals surface area contributed by atoms with Crippen LogP contribution in [0.2, 0.25) is 0 Å². The third-order valence-electron chi connectivity index (χ3n) is 6.40. The van der Waals surface area contributed by atoms with Crippen molar-refractivity contribution in [2.45, 2.75) is 51.9 Å². The Balaban J connectivity index is 0.00000342. The largest absolute Gasteiger partial charge is 0.480 e. The summed E-state index contributed by atoms with van der Waals surface area (Å²) in [4.78, 5) is 28.6. The molecule has 3 aromatic rings. The lowest BCUT2D eigenvalue weighted by Crippen LogP contribution is -2.44. The van der Waals surface area contributed by atoms with E-state index in [0.717, 1.165) is 54.0 Å². The molecular formula is C25H33ClN4O5. The van der Waals surface area contributed by atoms with Gasteiger partial charge in [0.05, 0.1) is 23.7 Å². The van der Waals surface area contributed by atoms with Crippen molar-refractivity contribution in [3.05, 3.63) is 51.9 Å². The Morgan fingerprint density at radius 3 is 2.74 bits per heavy atom. The van der Waals surface area contributed by atoms with E-state index in [9.17, 15) is 19.8 Å². The Hall–Kier alpha value is -2.72. The summed E-state index contributed by atoms with van der Waals surface area (Å²) in [5.74, 6) is 0.0708. The van der Waals surface area contributed by atoms with E-state index < -0.39 is 18.1 Å². The molecule has 1 fully saturated rings. The number of benzene rings is 1. The van der Waals surface area contributed by atoms with E-state index in [2.05, 4.69) is 9.88 Å². The predicted molar refractivity (Wildman–Crippen MR) is 136 cm³/mol. The zero-order valence-corrected chi connectivity index (χ0v) is 21.0.